The van der Waals surface area contributed by atoms with Gasteiger partial charge in [0, 0.05) is 11.9 Å². The number of carbonyl (C=O) groups is 1. The van der Waals surface area contributed by atoms with Gasteiger partial charge in [0.25, 0.3) is 5.91 Å². The lowest BCUT2D eigenvalue weighted by Crippen LogP contribution is -2.22. The van der Waals surface area contributed by atoms with Crippen molar-refractivity contribution in [3.05, 3.63) is 55.3 Å². The summed E-state index contributed by atoms with van der Waals surface area (Å²) in [4.78, 5) is 11.8. The summed E-state index contributed by atoms with van der Waals surface area (Å²) >= 11 is 3.73. The van der Waals surface area contributed by atoms with Crippen LogP contribution in [0.2, 0.25) is 0 Å². The molecule has 0 aliphatic rings. The number of carbonyl (C=O) groups excluding carboxylic acids is 1. The minimum Gasteiger partial charge on any atom is -0.348 e. The van der Waals surface area contributed by atoms with E-state index in [-0.39, 0.29) is 5.91 Å². The highest BCUT2D eigenvalue weighted by Crippen LogP contribution is 2.16. The molecule has 1 aromatic heterocycles. The van der Waals surface area contributed by atoms with E-state index in [0.717, 1.165) is 8.45 Å². The van der Waals surface area contributed by atoms with Crippen LogP contribution in [0.3, 0.4) is 0 Å². The highest BCUT2D eigenvalue weighted by atomic mass is 127. The molecule has 0 aliphatic heterocycles. The fourth-order valence-electron chi connectivity index (χ4n) is 1.46. The molecule has 1 aromatic carbocycles. The summed E-state index contributed by atoms with van der Waals surface area (Å²) in [5.74, 6) is -0.0865. The summed E-state index contributed by atoms with van der Waals surface area (Å²) in [6, 6.07) is 11.1. The summed E-state index contributed by atoms with van der Waals surface area (Å²) in [7, 11) is 0. The minimum absolute atomic E-state index is 0.0865. The van der Waals surface area contributed by atoms with E-state index in [1.165, 1.54) is 0 Å². The van der Waals surface area contributed by atoms with E-state index in [1.54, 1.807) is 23.5 Å². The maximum Gasteiger partial charge on any atom is 0.252 e. The fourth-order valence-corrected chi connectivity index (χ4v) is 2.79. The SMILES string of the molecule is N#Cc1cccc(CNC(=O)c2csc(I)c2)c1. The van der Waals surface area contributed by atoms with Gasteiger partial charge in [0.2, 0.25) is 0 Å². The van der Waals surface area contributed by atoms with E-state index in [9.17, 15) is 4.79 Å². The van der Waals surface area contributed by atoms with Gasteiger partial charge in [0.15, 0.2) is 0 Å². The zero-order valence-electron chi connectivity index (χ0n) is 9.31. The molecule has 0 bridgehead atoms. The number of nitrogens with zero attached hydrogens (tertiary/aromatic N) is 1. The molecule has 0 unspecified atom stereocenters. The molecule has 1 N–H and O–H groups in total. The van der Waals surface area contributed by atoms with E-state index in [4.69, 9.17) is 5.26 Å². The van der Waals surface area contributed by atoms with Gasteiger partial charge in [0.05, 0.1) is 20.1 Å². The zero-order valence-corrected chi connectivity index (χ0v) is 12.3. The molecule has 0 radical (unpaired) electrons. The van der Waals surface area contributed by atoms with Gasteiger partial charge in [-0.25, -0.2) is 0 Å². The standard InChI is InChI=1S/C13H9IN2OS/c14-12-5-11(8-18-12)13(17)16-7-10-3-1-2-9(4-10)6-15/h1-5,8H,7H2,(H,16,17). The molecule has 0 aliphatic carbocycles. The molecule has 2 aromatic rings. The number of halogens is 1. The minimum atomic E-state index is -0.0865. The topological polar surface area (TPSA) is 52.9 Å². The lowest BCUT2D eigenvalue weighted by atomic mass is 10.1. The van der Waals surface area contributed by atoms with Crippen LogP contribution in [0.25, 0.3) is 0 Å². The Balaban J connectivity index is 1.99. The lowest BCUT2D eigenvalue weighted by molar-refractivity contribution is 0.0951. The van der Waals surface area contributed by atoms with Crippen LogP contribution in [0, 0.1) is 14.2 Å². The first-order valence-corrected chi connectivity index (χ1v) is 7.16. The predicted octanol–water partition coefficient (Wildman–Crippen LogP) is 3.15. The van der Waals surface area contributed by atoms with Crippen LogP contribution in [0.5, 0.6) is 0 Å². The summed E-state index contributed by atoms with van der Waals surface area (Å²) in [6.07, 6.45) is 0. The van der Waals surface area contributed by atoms with Crippen LogP contribution in [0.15, 0.2) is 35.7 Å². The Morgan fingerprint density at radius 2 is 2.28 bits per heavy atom. The van der Waals surface area contributed by atoms with Crippen molar-refractivity contribution in [2.24, 2.45) is 0 Å². The lowest BCUT2D eigenvalue weighted by Gasteiger charge is -2.04. The second-order valence-electron chi connectivity index (χ2n) is 3.63. The molecule has 18 heavy (non-hydrogen) atoms. The molecule has 90 valence electrons. The summed E-state index contributed by atoms with van der Waals surface area (Å²) in [6.45, 7) is 0.431. The average Bonchev–Trinajstić information content (AvgIpc) is 2.83. The normalized spacial score (nSPS) is 9.78. The molecule has 2 rings (SSSR count). The number of thiophene rings is 1. The van der Waals surface area contributed by atoms with E-state index >= 15 is 0 Å². The molecule has 0 fully saturated rings. The molecule has 0 saturated heterocycles. The highest BCUT2D eigenvalue weighted by molar-refractivity contribution is 14.1. The molecule has 3 nitrogen and oxygen atoms in total. The number of hydrogen-bond donors (Lipinski definition) is 1. The smallest absolute Gasteiger partial charge is 0.252 e. The Morgan fingerprint density at radius 1 is 1.44 bits per heavy atom. The zero-order chi connectivity index (χ0) is 13.0. The Kier molecular flexibility index (Phi) is 4.33. The van der Waals surface area contributed by atoms with Crippen LogP contribution in [0.4, 0.5) is 0 Å². The molecule has 0 saturated carbocycles. The van der Waals surface area contributed by atoms with Crippen molar-refractivity contribution in [3.63, 3.8) is 0 Å². The predicted molar refractivity (Wildman–Crippen MR) is 79.4 cm³/mol. The molecule has 0 atom stereocenters. The molecule has 0 spiro atoms. The van der Waals surface area contributed by atoms with Crippen LogP contribution in [-0.4, -0.2) is 5.91 Å². The third kappa shape index (κ3) is 3.31. The number of hydrogen-bond acceptors (Lipinski definition) is 3. The molecular formula is C13H9IN2OS. The molecule has 1 heterocycles. The average molecular weight is 368 g/mol. The quantitative estimate of drug-likeness (QED) is 0.847. The number of amides is 1. The molecular weight excluding hydrogens is 359 g/mol. The Morgan fingerprint density at radius 3 is 2.94 bits per heavy atom. The molecule has 5 heteroatoms. The third-order valence-electron chi connectivity index (χ3n) is 2.34. The first kappa shape index (κ1) is 13.1. The van der Waals surface area contributed by atoms with Gasteiger partial charge in [-0.05, 0) is 46.4 Å². The van der Waals surface area contributed by atoms with E-state index in [1.807, 2.05) is 23.6 Å². The first-order chi connectivity index (χ1) is 8.69. The maximum absolute atomic E-state index is 11.8. The van der Waals surface area contributed by atoms with Crippen molar-refractivity contribution in [3.8, 4) is 6.07 Å². The maximum atomic E-state index is 11.8. The van der Waals surface area contributed by atoms with Gasteiger partial charge >= 0.3 is 0 Å². The van der Waals surface area contributed by atoms with Crippen LogP contribution in [-0.2, 0) is 6.54 Å². The summed E-state index contributed by atoms with van der Waals surface area (Å²) in [5.41, 5.74) is 2.21. The largest absolute Gasteiger partial charge is 0.348 e. The van der Waals surface area contributed by atoms with E-state index in [2.05, 4.69) is 34.0 Å². The van der Waals surface area contributed by atoms with Crippen molar-refractivity contribution in [2.45, 2.75) is 6.54 Å². The number of nitrogens with one attached hydrogen (secondary N) is 1. The van der Waals surface area contributed by atoms with Crippen LogP contribution < -0.4 is 5.32 Å². The van der Waals surface area contributed by atoms with Gasteiger partial charge < -0.3 is 5.32 Å². The monoisotopic (exact) mass is 368 g/mol. The van der Waals surface area contributed by atoms with Crippen LogP contribution >= 0.6 is 33.9 Å². The Labute approximate surface area is 123 Å². The van der Waals surface area contributed by atoms with Crippen molar-refractivity contribution in [1.82, 2.24) is 5.32 Å². The third-order valence-corrected chi connectivity index (χ3v) is 4.13. The van der Waals surface area contributed by atoms with Gasteiger partial charge in [0.1, 0.15) is 0 Å². The Bertz CT molecular complexity index is 615. The second-order valence-corrected chi connectivity index (χ2v) is 6.44. The van der Waals surface area contributed by atoms with Crippen molar-refractivity contribution in [1.29, 1.82) is 5.26 Å². The Hall–Kier alpha value is -1.39. The van der Waals surface area contributed by atoms with Gasteiger partial charge in [-0.2, -0.15) is 5.26 Å². The molecule has 1 amide bonds. The van der Waals surface area contributed by atoms with Gasteiger partial charge in [-0.1, -0.05) is 12.1 Å². The van der Waals surface area contributed by atoms with Gasteiger partial charge in [-0.3, -0.25) is 4.79 Å². The van der Waals surface area contributed by atoms with E-state index in [0.29, 0.717) is 17.7 Å². The first-order valence-electron chi connectivity index (χ1n) is 5.20. The highest BCUT2D eigenvalue weighted by Gasteiger charge is 2.07. The van der Waals surface area contributed by atoms with Crippen molar-refractivity contribution >= 4 is 39.8 Å². The summed E-state index contributed by atoms with van der Waals surface area (Å²) < 4.78 is 1.09. The van der Waals surface area contributed by atoms with Crippen LogP contribution in [0.1, 0.15) is 21.5 Å². The second kappa shape index (κ2) is 5.98. The number of benzene rings is 1. The fraction of sp³-hybridized carbons (Fsp3) is 0.0769. The number of rotatable bonds is 3. The summed E-state index contributed by atoms with van der Waals surface area (Å²) in [5, 5.41) is 13.5. The van der Waals surface area contributed by atoms with Crippen molar-refractivity contribution in [2.75, 3.05) is 0 Å². The van der Waals surface area contributed by atoms with Crippen molar-refractivity contribution < 1.29 is 4.79 Å². The van der Waals surface area contributed by atoms with E-state index < -0.39 is 0 Å². The van der Waals surface area contributed by atoms with Gasteiger partial charge in [-0.15, -0.1) is 11.3 Å². The number of nitriles is 1.